The third-order valence-corrected chi connectivity index (χ3v) is 4.41. The minimum absolute atomic E-state index is 0. The number of nitrogens with zero attached hydrogens (tertiary/aromatic N) is 2. The molecule has 0 amide bonds. The molecule has 0 saturated heterocycles. The first-order chi connectivity index (χ1) is 14.2. The van der Waals surface area contributed by atoms with Crippen LogP contribution in [0.4, 0.5) is 5.69 Å². The van der Waals surface area contributed by atoms with E-state index < -0.39 is 0 Å². The van der Waals surface area contributed by atoms with Gasteiger partial charge in [-0.25, -0.2) is 5.73 Å². The van der Waals surface area contributed by atoms with Crippen molar-refractivity contribution in [3.05, 3.63) is 93.9 Å². The van der Waals surface area contributed by atoms with Gasteiger partial charge < -0.3 is 15.3 Å². The zero-order valence-corrected chi connectivity index (χ0v) is 18.1. The second kappa shape index (κ2) is 12.3. The number of nitrogens with one attached hydrogen (secondary N) is 1. The van der Waals surface area contributed by atoms with Crippen molar-refractivity contribution >= 4 is 28.2 Å². The van der Waals surface area contributed by atoms with E-state index in [1.54, 1.807) is 6.20 Å². The van der Waals surface area contributed by atoms with E-state index in [1.165, 1.54) is 0 Å². The van der Waals surface area contributed by atoms with Gasteiger partial charge in [0.05, 0.1) is 12.1 Å². The first-order valence-corrected chi connectivity index (χ1v) is 9.37. The van der Waals surface area contributed by atoms with Crippen molar-refractivity contribution in [2.75, 3.05) is 38.6 Å². The van der Waals surface area contributed by atoms with Crippen LogP contribution in [0, 0.1) is 24.3 Å². The third kappa shape index (κ3) is 6.78. The quantitative estimate of drug-likeness (QED) is 0.381. The van der Waals surface area contributed by atoms with Gasteiger partial charge in [0, 0.05) is 28.8 Å². The van der Waals surface area contributed by atoms with Crippen LogP contribution in [-0.4, -0.2) is 48.3 Å². The van der Waals surface area contributed by atoms with E-state index in [2.05, 4.69) is 57.5 Å². The number of aromatic nitrogens is 1. The number of rotatable bonds is 7. The molecule has 6 heteroatoms. The average Bonchev–Trinajstić information content (AvgIpc) is 3.41. The molecule has 1 aromatic heterocycles. The van der Waals surface area contributed by atoms with E-state index >= 15 is 0 Å². The van der Waals surface area contributed by atoms with Gasteiger partial charge in [-0.1, -0.05) is 11.6 Å². The molecule has 0 unspecified atom stereocenters. The molecule has 0 fully saturated rings. The zero-order chi connectivity index (χ0) is 20.5. The molecule has 2 N–H and O–H groups in total. The number of aliphatic hydroxyl groups is 1. The number of likely N-dealkylation sites (N-methyl/N-ethyl adjacent to an activating group) is 1. The predicted molar refractivity (Wildman–Crippen MR) is 114 cm³/mol. The predicted octanol–water partition coefficient (Wildman–Crippen LogP) is 3.48. The van der Waals surface area contributed by atoms with Gasteiger partial charge >= 0.3 is 17.1 Å². The summed E-state index contributed by atoms with van der Waals surface area (Å²) in [5.74, 6) is 0. The largest absolute Gasteiger partial charge is 2.00 e. The number of anilines is 1. The zero-order valence-electron chi connectivity index (χ0n) is 16.3. The molecule has 0 atom stereocenters. The first kappa shape index (κ1) is 23.8. The molecular weight excluding hydrogens is 438 g/mol. The van der Waals surface area contributed by atoms with Crippen molar-refractivity contribution < 1.29 is 22.2 Å². The second-order valence-corrected chi connectivity index (χ2v) is 6.73. The van der Waals surface area contributed by atoms with Crippen LogP contribution in [0.3, 0.4) is 0 Å². The minimum atomic E-state index is 0. The molecule has 0 saturated carbocycles. The Morgan fingerprint density at radius 2 is 2.07 bits per heavy atom. The van der Waals surface area contributed by atoms with Crippen LogP contribution >= 0.6 is 11.6 Å². The molecule has 2 aromatic rings. The van der Waals surface area contributed by atoms with Crippen LogP contribution in [0.25, 0.3) is 10.9 Å². The molecule has 1 aromatic carbocycles. The Hall–Kier alpha value is -2.50. The van der Waals surface area contributed by atoms with Crippen LogP contribution in [0.1, 0.15) is 0 Å². The smallest absolute Gasteiger partial charge is 0.395 e. The fraction of sp³-hybridized carbons (Fsp3) is 0.208. The maximum Gasteiger partial charge on any atom is 2.00 e. The fourth-order valence-electron chi connectivity index (χ4n) is 2.75. The minimum Gasteiger partial charge on any atom is -0.395 e. The van der Waals surface area contributed by atoms with E-state index in [4.69, 9.17) is 16.7 Å². The SMILES string of the molecule is CN(CCO)CC1=C=[C-][C]=C1CNc1ccnc2cc(Cl)ccc12.[C]1=C=C=C=[C-]1.[Fe+2]. The van der Waals surface area contributed by atoms with Gasteiger partial charge in [0.25, 0.3) is 0 Å². The number of pyridine rings is 1. The van der Waals surface area contributed by atoms with Crippen molar-refractivity contribution in [1.29, 1.82) is 0 Å². The Morgan fingerprint density at radius 1 is 1.20 bits per heavy atom. The summed E-state index contributed by atoms with van der Waals surface area (Å²) >= 11 is 6.03. The number of hydrogen-bond donors (Lipinski definition) is 2. The first-order valence-electron chi connectivity index (χ1n) is 8.99. The van der Waals surface area contributed by atoms with Crippen molar-refractivity contribution in [3.8, 4) is 0 Å². The van der Waals surface area contributed by atoms with Gasteiger partial charge in [0.1, 0.15) is 0 Å². The summed E-state index contributed by atoms with van der Waals surface area (Å²) in [6, 6.07) is 7.63. The van der Waals surface area contributed by atoms with E-state index in [-0.39, 0.29) is 23.7 Å². The number of halogens is 1. The van der Waals surface area contributed by atoms with E-state index in [0.29, 0.717) is 24.7 Å². The second-order valence-electron chi connectivity index (χ2n) is 6.29. The van der Waals surface area contributed by atoms with Gasteiger partial charge in [0.15, 0.2) is 0 Å². The van der Waals surface area contributed by atoms with Crippen molar-refractivity contribution in [3.63, 3.8) is 0 Å². The maximum atomic E-state index is 9.01. The topological polar surface area (TPSA) is 48.4 Å². The number of benzene rings is 1. The molecule has 0 aliphatic heterocycles. The van der Waals surface area contributed by atoms with Crippen LogP contribution in [-0.2, 0) is 17.1 Å². The Balaban J connectivity index is 0.000000468. The summed E-state index contributed by atoms with van der Waals surface area (Å²) in [7, 11) is 1.97. The average molecular weight is 456 g/mol. The molecule has 2 aliphatic carbocycles. The van der Waals surface area contributed by atoms with Gasteiger partial charge in [-0.15, -0.1) is 23.8 Å². The van der Waals surface area contributed by atoms with E-state index in [9.17, 15) is 0 Å². The van der Waals surface area contributed by atoms with Gasteiger partial charge in [-0.05, 0) is 44.4 Å². The summed E-state index contributed by atoms with van der Waals surface area (Å²) in [4.78, 5) is 6.39. The van der Waals surface area contributed by atoms with Crippen molar-refractivity contribution in [2.24, 2.45) is 0 Å². The van der Waals surface area contributed by atoms with Gasteiger partial charge in [-0.3, -0.25) is 22.2 Å². The number of allylic oxidation sites excluding steroid dienone is 3. The maximum absolute atomic E-state index is 9.01. The Labute approximate surface area is 192 Å². The fourth-order valence-corrected chi connectivity index (χ4v) is 2.92. The van der Waals surface area contributed by atoms with Crippen LogP contribution in [0.15, 0.2) is 64.5 Å². The van der Waals surface area contributed by atoms with E-state index in [0.717, 1.165) is 27.7 Å². The third-order valence-electron chi connectivity index (χ3n) is 4.17. The summed E-state index contributed by atoms with van der Waals surface area (Å²) in [5.41, 5.74) is 14.5. The van der Waals surface area contributed by atoms with Crippen LogP contribution < -0.4 is 5.32 Å². The summed E-state index contributed by atoms with van der Waals surface area (Å²) < 4.78 is 0. The van der Waals surface area contributed by atoms with E-state index in [1.807, 2.05) is 36.2 Å². The Morgan fingerprint density at radius 3 is 2.77 bits per heavy atom. The molecule has 2 radical (unpaired) electrons. The van der Waals surface area contributed by atoms with Gasteiger partial charge in [-0.2, -0.15) is 11.6 Å². The molecular formula is C24H18ClFeN3O. The number of hydrogen-bond acceptors (Lipinski definition) is 4. The van der Waals surface area contributed by atoms with Crippen LogP contribution in [0.5, 0.6) is 0 Å². The molecule has 1 heterocycles. The summed E-state index contributed by atoms with van der Waals surface area (Å²) in [6.07, 6.45) is 12.8. The molecule has 30 heavy (non-hydrogen) atoms. The van der Waals surface area contributed by atoms with Gasteiger partial charge in [0.2, 0.25) is 0 Å². The standard InChI is InChI=1S/C19H18ClN3O.C5.Fe/c1-23(9-10-24)13-15-4-2-3-14(15)12-22-18-7-8-21-19-11-16(20)5-6-17(18)19;1-2-4-5-3-1;/h5-8,11,24H,9-10,12-13H2,1H3,(H,21,22);;/q2*-1;+2. The monoisotopic (exact) mass is 455 g/mol. The summed E-state index contributed by atoms with van der Waals surface area (Å²) in [6.45, 7) is 2.11. The molecule has 0 spiro atoms. The normalized spacial score (nSPS) is 12.7. The molecule has 4 rings (SSSR count). The number of fused-ring (bicyclic) bond motifs is 1. The molecule has 2 aliphatic rings. The summed E-state index contributed by atoms with van der Waals surface area (Å²) in [5, 5.41) is 14.1. The number of aliphatic hydroxyl groups excluding tert-OH is 1. The molecule has 150 valence electrons. The Bertz CT molecular complexity index is 1110. The van der Waals surface area contributed by atoms with Crippen molar-refractivity contribution in [1.82, 2.24) is 9.88 Å². The van der Waals surface area contributed by atoms with Crippen molar-refractivity contribution in [2.45, 2.75) is 0 Å². The molecule has 0 bridgehead atoms. The Kier molecular flexibility index (Phi) is 9.71. The van der Waals surface area contributed by atoms with Crippen LogP contribution in [0.2, 0.25) is 5.02 Å². The molecule has 4 nitrogen and oxygen atoms in total.